The summed E-state index contributed by atoms with van der Waals surface area (Å²) in [5.74, 6) is -1.63. The predicted molar refractivity (Wildman–Crippen MR) is 86.1 cm³/mol. The topological polar surface area (TPSA) is 113 Å². The van der Waals surface area contributed by atoms with Gasteiger partial charge in [-0.1, -0.05) is 6.07 Å². The van der Waals surface area contributed by atoms with Crippen molar-refractivity contribution in [1.82, 2.24) is 10.0 Å². The molecule has 7 nitrogen and oxygen atoms in total. The normalized spacial score (nSPS) is 23.4. The van der Waals surface area contributed by atoms with Gasteiger partial charge in [0.1, 0.15) is 0 Å². The largest absolute Gasteiger partial charge is 0.481 e. The molecule has 0 radical (unpaired) electrons. The number of nitrogens with one attached hydrogen (secondary N) is 2. The standard InChI is InChI=1S/C16H20N2O5S/c1-9-2-5-13(24(22,23)18-11-3-4-11)8-14(9)15(19)17-12-6-10(7-12)16(20)21/h2,5,8,10-12,18H,3-4,6-7H2,1H3,(H,17,19)(H,20,21). The lowest BCUT2D eigenvalue weighted by Crippen LogP contribution is -2.46. The van der Waals surface area contributed by atoms with E-state index in [0.29, 0.717) is 24.0 Å². The Kier molecular flexibility index (Phi) is 4.35. The van der Waals surface area contributed by atoms with E-state index in [-0.39, 0.29) is 22.9 Å². The van der Waals surface area contributed by atoms with Gasteiger partial charge in [0, 0.05) is 17.6 Å². The van der Waals surface area contributed by atoms with Crippen molar-refractivity contribution in [2.24, 2.45) is 5.92 Å². The van der Waals surface area contributed by atoms with E-state index >= 15 is 0 Å². The summed E-state index contributed by atoms with van der Waals surface area (Å²) >= 11 is 0. The number of sulfonamides is 1. The van der Waals surface area contributed by atoms with Crippen molar-refractivity contribution in [3.05, 3.63) is 29.3 Å². The van der Waals surface area contributed by atoms with E-state index in [0.717, 1.165) is 12.8 Å². The van der Waals surface area contributed by atoms with Gasteiger partial charge in [0.25, 0.3) is 5.91 Å². The molecule has 0 saturated heterocycles. The highest BCUT2D eigenvalue weighted by molar-refractivity contribution is 7.89. The van der Waals surface area contributed by atoms with Crippen molar-refractivity contribution in [3.8, 4) is 0 Å². The molecule has 0 unspecified atom stereocenters. The average Bonchev–Trinajstić information content (AvgIpc) is 3.25. The first-order valence-corrected chi connectivity index (χ1v) is 9.41. The molecule has 0 spiro atoms. The van der Waals surface area contributed by atoms with E-state index in [9.17, 15) is 18.0 Å². The van der Waals surface area contributed by atoms with E-state index in [1.165, 1.54) is 12.1 Å². The second kappa shape index (κ2) is 6.18. The van der Waals surface area contributed by atoms with Crippen LogP contribution in [-0.2, 0) is 14.8 Å². The molecule has 0 aromatic heterocycles. The average molecular weight is 352 g/mol. The van der Waals surface area contributed by atoms with Crippen LogP contribution in [-0.4, -0.2) is 37.5 Å². The highest BCUT2D eigenvalue weighted by Gasteiger charge is 2.35. The Morgan fingerprint density at radius 3 is 2.42 bits per heavy atom. The van der Waals surface area contributed by atoms with Crippen molar-refractivity contribution in [2.75, 3.05) is 0 Å². The third kappa shape index (κ3) is 3.59. The summed E-state index contributed by atoms with van der Waals surface area (Å²) in [7, 11) is -3.62. The molecule has 24 heavy (non-hydrogen) atoms. The minimum atomic E-state index is -3.62. The van der Waals surface area contributed by atoms with Gasteiger partial charge < -0.3 is 10.4 Å². The van der Waals surface area contributed by atoms with Crippen LogP contribution in [0.5, 0.6) is 0 Å². The highest BCUT2D eigenvalue weighted by Crippen LogP contribution is 2.28. The van der Waals surface area contributed by atoms with Crippen LogP contribution in [0.15, 0.2) is 23.1 Å². The third-order valence-electron chi connectivity index (χ3n) is 4.49. The van der Waals surface area contributed by atoms with Gasteiger partial charge in [-0.3, -0.25) is 9.59 Å². The summed E-state index contributed by atoms with van der Waals surface area (Å²) in [4.78, 5) is 23.3. The van der Waals surface area contributed by atoms with Crippen LogP contribution in [0.4, 0.5) is 0 Å². The van der Waals surface area contributed by atoms with Crippen LogP contribution in [0, 0.1) is 12.8 Å². The number of carboxylic acid groups (broad SMARTS) is 1. The van der Waals surface area contributed by atoms with Crippen molar-refractivity contribution in [3.63, 3.8) is 0 Å². The molecule has 8 heteroatoms. The Morgan fingerprint density at radius 1 is 1.17 bits per heavy atom. The highest BCUT2D eigenvalue weighted by atomic mass is 32.2. The maximum Gasteiger partial charge on any atom is 0.306 e. The molecular weight excluding hydrogens is 332 g/mol. The first kappa shape index (κ1) is 16.9. The van der Waals surface area contributed by atoms with Gasteiger partial charge in [0.15, 0.2) is 0 Å². The summed E-state index contributed by atoms with van der Waals surface area (Å²) in [5.41, 5.74) is 0.972. The summed E-state index contributed by atoms with van der Waals surface area (Å²) in [6.07, 6.45) is 2.48. The Bertz CT molecular complexity index is 780. The Balaban J connectivity index is 1.71. The number of hydrogen-bond donors (Lipinski definition) is 3. The van der Waals surface area contributed by atoms with Crippen LogP contribution in [0.25, 0.3) is 0 Å². The van der Waals surface area contributed by atoms with Crippen LogP contribution in [0.1, 0.15) is 41.6 Å². The van der Waals surface area contributed by atoms with E-state index in [1.807, 2.05) is 0 Å². The monoisotopic (exact) mass is 352 g/mol. The summed E-state index contributed by atoms with van der Waals surface area (Å²) in [6.45, 7) is 1.74. The molecule has 0 atom stereocenters. The van der Waals surface area contributed by atoms with Gasteiger partial charge >= 0.3 is 5.97 Å². The quantitative estimate of drug-likeness (QED) is 0.708. The second-order valence-corrected chi connectivity index (χ2v) is 8.26. The van der Waals surface area contributed by atoms with Crippen LogP contribution in [0.2, 0.25) is 0 Å². The van der Waals surface area contributed by atoms with Gasteiger partial charge in [-0.05, 0) is 50.3 Å². The van der Waals surface area contributed by atoms with E-state index < -0.39 is 21.9 Å². The van der Waals surface area contributed by atoms with Crippen LogP contribution >= 0.6 is 0 Å². The maximum atomic E-state index is 12.4. The SMILES string of the molecule is Cc1ccc(S(=O)(=O)NC2CC2)cc1C(=O)NC1CC(C(=O)O)C1. The molecule has 0 heterocycles. The van der Waals surface area contributed by atoms with Crippen molar-refractivity contribution in [1.29, 1.82) is 0 Å². The molecule has 3 rings (SSSR count). The molecule has 2 saturated carbocycles. The van der Waals surface area contributed by atoms with E-state index in [2.05, 4.69) is 10.0 Å². The number of rotatable bonds is 6. The zero-order chi connectivity index (χ0) is 17.5. The fraction of sp³-hybridized carbons (Fsp3) is 0.500. The number of carbonyl (C=O) groups is 2. The number of aryl methyl sites for hydroxylation is 1. The van der Waals surface area contributed by atoms with Gasteiger partial charge in [0.2, 0.25) is 10.0 Å². The summed E-state index contributed by atoms with van der Waals surface area (Å²) in [5, 5.41) is 11.6. The van der Waals surface area contributed by atoms with Crippen LogP contribution < -0.4 is 10.0 Å². The van der Waals surface area contributed by atoms with Crippen molar-refractivity contribution >= 4 is 21.9 Å². The zero-order valence-electron chi connectivity index (χ0n) is 13.3. The van der Waals surface area contributed by atoms with Crippen LogP contribution in [0.3, 0.4) is 0 Å². The Hall–Kier alpha value is -1.93. The lowest BCUT2D eigenvalue weighted by molar-refractivity contribution is -0.145. The van der Waals surface area contributed by atoms with Gasteiger partial charge in [-0.2, -0.15) is 0 Å². The molecule has 3 N–H and O–H groups in total. The fourth-order valence-electron chi connectivity index (χ4n) is 2.70. The second-order valence-electron chi connectivity index (χ2n) is 6.55. The molecule has 1 aromatic carbocycles. The third-order valence-corrected chi connectivity index (χ3v) is 6.00. The Morgan fingerprint density at radius 2 is 1.83 bits per heavy atom. The van der Waals surface area contributed by atoms with Gasteiger partial charge in [0.05, 0.1) is 10.8 Å². The first-order chi connectivity index (χ1) is 11.3. The molecule has 0 aliphatic heterocycles. The zero-order valence-corrected chi connectivity index (χ0v) is 14.1. The molecule has 2 aliphatic carbocycles. The number of hydrogen-bond acceptors (Lipinski definition) is 4. The van der Waals surface area contributed by atoms with Gasteiger partial charge in [-0.15, -0.1) is 0 Å². The fourth-order valence-corrected chi connectivity index (χ4v) is 4.03. The maximum absolute atomic E-state index is 12.4. The van der Waals surface area contributed by atoms with Crippen molar-refractivity contribution in [2.45, 2.75) is 49.6 Å². The van der Waals surface area contributed by atoms with E-state index in [4.69, 9.17) is 5.11 Å². The summed E-state index contributed by atoms with van der Waals surface area (Å²) < 4.78 is 27.1. The molecule has 2 fully saturated rings. The number of aliphatic carboxylic acids is 1. The first-order valence-electron chi connectivity index (χ1n) is 7.93. The predicted octanol–water partition coefficient (Wildman–Crippen LogP) is 1.03. The molecule has 2 aliphatic rings. The lowest BCUT2D eigenvalue weighted by atomic mass is 9.80. The lowest BCUT2D eigenvalue weighted by Gasteiger charge is -2.33. The molecule has 130 valence electrons. The Labute approximate surface area is 140 Å². The van der Waals surface area contributed by atoms with Crippen molar-refractivity contribution < 1.29 is 23.1 Å². The molecule has 1 aromatic rings. The molecule has 1 amide bonds. The number of amides is 1. The minimum absolute atomic E-state index is 0.00323. The molecule has 0 bridgehead atoms. The smallest absolute Gasteiger partial charge is 0.306 e. The van der Waals surface area contributed by atoms with E-state index in [1.54, 1.807) is 13.0 Å². The number of benzene rings is 1. The summed E-state index contributed by atoms with van der Waals surface area (Å²) in [6, 6.07) is 4.29. The minimum Gasteiger partial charge on any atom is -0.481 e. The number of carboxylic acids is 1. The van der Waals surface area contributed by atoms with Gasteiger partial charge in [-0.25, -0.2) is 13.1 Å². The number of carbonyl (C=O) groups excluding carboxylic acids is 1. The molecular formula is C16H20N2O5S.